The number of ether oxygens (including phenoxy) is 3. The van der Waals surface area contributed by atoms with E-state index in [4.69, 9.17) is 14.2 Å². The highest BCUT2D eigenvalue weighted by Gasteiger charge is 2.13. The van der Waals surface area contributed by atoms with Crippen LogP contribution in [0.1, 0.15) is 25.7 Å². The summed E-state index contributed by atoms with van der Waals surface area (Å²) in [4.78, 5) is 0. The molecule has 0 aliphatic carbocycles. The van der Waals surface area contributed by atoms with E-state index in [1.54, 1.807) is 0 Å². The second-order valence-corrected chi connectivity index (χ2v) is 4.76. The molecule has 4 heteroatoms. The summed E-state index contributed by atoms with van der Waals surface area (Å²) in [6.07, 6.45) is 4.82. The first-order chi connectivity index (χ1) is 8.40. The van der Waals surface area contributed by atoms with Crippen molar-refractivity contribution in [2.24, 2.45) is 0 Å². The van der Waals surface area contributed by atoms with Gasteiger partial charge in [0.2, 0.25) is 6.79 Å². The summed E-state index contributed by atoms with van der Waals surface area (Å²) in [5.41, 5.74) is 0. The Hall–Kier alpha value is -0.900. The van der Waals surface area contributed by atoms with Crippen molar-refractivity contribution in [2.75, 3.05) is 18.7 Å². The Kier molecular flexibility index (Phi) is 4.98. The van der Waals surface area contributed by atoms with Gasteiger partial charge in [-0.1, -0.05) is 28.8 Å². The minimum absolute atomic E-state index is 0.311. The van der Waals surface area contributed by atoms with E-state index in [2.05, 4.69) is 15.9 Å². The molecule has 0 saturated carbocycles. The predicted molar refractivity (Wildman–Crippen MR) is 70.3 cm³/mol. The van der Waals surface area contributed by atoms with Crippen LogP contribution in [0.15, 0.2) is 18.2 Å². The van der Waals surface area contributed by atoms with Gasteiger partial charge in [-0.2, -0.15) is 0 Å². The van der Waals surface area contributed by atoms with Crippen molar-refractivity contribution in [3.05, 3.63) is 18.2 Å². The molecule has 3 nitrogen and oxygen atoms in total. The Morgan fingerprint density at radius 1 is 1.06 bits per heavy atom. The summed E-state index contributed by atoms with van der Waals surface area (Å²) in [6, 6.07) is 5.70. The molecule has 1 aromatic carbocycles. The molecule has 0 fully saturated rings. The summed E-state index contributed by atoms with van der Waals surface area (Å²) >= 11 is 3.43. The van der Waals surface area contributed by atoms with E-state index in [-0.39, 0.29) is 0 Å². The first kappa shape index (κ1) is 12.6. The number of halogens is 1. The van der Waals surface area contributed by atoms with Crippen LogP contribution in [-0.2, 0) is 0 Å². The molecule has 0 unspecified atom stereocenters. The SMILES string of the molecule is BrCCCCCCOc1ccc2c(c1)OCO2. The van der Waals surface area contributed by atoms with Gasteiger partial charge >= 0.3 is 0 Å². The number of hydrogen-bond donors (Lipinski definition) is 0. The van der Waals surface area contributed by atoms with E-state index in [1.165, 1.54) is 19.3 Å². The molecule has 0 atom stereocenters. The molecule has 0 saturated heterocycles. The average Bonchev–Trinajstić information content (AvgIpc) is 2.81. The molecule has 1 aromatic rings. The van der Waals surface area contributed by atoms with Gasteiger partial charge in [0.25, 0.3) is 0 Å². The van der Waals surface area contributed by atoms with Gasteiger partial charge in [-0.25, -0.2) is 0 Å². The van der Waals surface area contributed by atoms with Gasteiger partial charge in [0.1, 0.15) is 5.75 Å². The smallest absolute Gasteiger partial charge is 0.231 e. The van der Waals surface area contributed by atoms with Gasteiger partial charge in [0.15, 0.2) is 11.5 Å². The fourth-order valence-corrected chi connectivity index (χ4v) is 2.10. The Morgan fingerprint density at radius 3 is 2.76 bits per heavy atom. The molecule has 2 rings (SSSR count). The summed E-state index contributed by atoms with van der Waals surface area (Å²) < 4.78 is 16.2. The molecule has 0 radical (unpaired) electrons. The number of rotatable bonds is 7. The summed E-state index contributed by atoms with van der Waals surface area (Å²) in [5.74, 6) is 2.44. The maximum Gasteiger partial charge on any atom is 0.231 e. The molecule has 1 aliphatic rings. The third-order valence-electron chi connectivity index (χ3n) is 2.64. The Bertz CT molecular complexity index is 355. The van der Waals surface area contributed by atoms with Gasteiger partial charge in [0, 0.05) is 11.4 Å². The number of benzene rings is 1. The summed E-state index contributed by atoms with van der Waals surface area (Å²) in [5, 5.41) is 1.09. The lowest BCUT2D eigenvalue weighted by atomic mass is 10.2. The zero-order valence-corrected chi connectivity index (χ0v) is 11.4. The van der Waals surface area contributed by atoms with Crippen LogP contribution in [0, 0.1) is 0 Å². The molecular weight excluding hydrogens is 284 g/mol. The Labute approximate surface area is 110 Å². The van der Waals surface area contributed by atoms with Gasteiger partial charge in [0.05, 0.1) is 6.61 Å². The topological polar surface area (TPSA) is 27.7 Å². The molecule has 0 amide bonds. The third-order valence-corrected chi connectivity index (χ3v) is 3.20. The highest BCUT2D eigenvalue weighted by molar-refractivity contribution is 9.09. The highest BCUT2D eigenvalue weighted by atomic mass is 79.9. The maximum atomic E-state index is 5.66. The molecule has 0 bridgehead atoms. The normalized spacial score (nSPS) is 12.8. The monoisotopic (exact) mass is 300 g/mol. The number of fused-ring (bicyclic) bond motifs is 1. The fraction of sp³-hybridized carbons (Fsp3) is 0.538. The van der Waals surface area contributed by atoms with Crippen LogP contribution in [0.2, 0.25) is 0 Å². The minimum Gasteiger partial charge on any atom is -0.493 e. The zero-order chi connectivity index (χ0) is 11.9. The van der Waals surface area contributed by atoms with Crippen LogP contribution in [0.3, 0.4) is 0 Å². The van der Waals surface area contributed by atoms with E-state index >= 15 is 0 Å². The van der Waals surface area contributed by atoms with E-state index < -0.39 is 0 Å². The second-order valence-electron chi connectivity index (χ2n) is 3.97. The first-order valence-corrected chi connectivity index (χ1v) is 7.11. The van der Waals surface area contributed by atoms with Crippen LogP contribution in [0.25, 0.3) is 0 Å². The number of hydrogen-bond acceptors (Lipinski definition) is 3. The summed E-state index contributed by atoms with van der Waals surface area (Å²) in [6.45, 7) is 1.08. The molecular formula is C13H17BrO3. The minimum atomic E-state index is 0.311. The van der Waals surface area contributed by atoms with Crippen LogP contribution in [0.4, 0.5) is 0 Å². The largest absolute Gasteiger partial charge is 0.493 e. The maximum absolute atomic E-state index is 5.66. The number of unbranched alkanes of at least 4 members (excludes halogenated alkanes) is 3. The molecule has 1 aliphatic heterocycles. The van der Waals surface area contributed by atoms with Gasteiger partial charge < -0.3 is 14.2 Å². The van der Waals surface area contributed by atoms with E-state index in [0.717, 1.165) is 35.6 Å². The van der Waals surface area contributed by atoms with Crippen molar-refractivity contribution >= 4 is 15.9 Å². The molecule has 0 aromatic heterocycles. The second kappa shape index (κ2) is 6.74. The molecule has 0 N–H and O–H groups in total. The molecule has 0 spiro atoms. The lowest BCUT2D eigenvalue weighted by Crippen LogP contribution is -1.97. The van der Waals surface area contributed by atoms with Crippen molar-refractivity contribution in [1.82, 2.24) is 0 Å². The van der Waals surface area contributed by atoms with Crippen molar-refractivity contribution < 1.29 is 14.2 Å². The van der Waals surface area contributed by atoms with Gasteiger partial charge in [-0.3, -0.25) is 0 Å². The zero-order valence-electron chi connectivity index (χ0n) is 9.78. The third kappa shape index (κ3) is 3.80. The van der Waals surface area contributed by atoms with Crippen LogP contribution in [0.5, 0.6) is 17.2 Å². The van der Waals surface area contributed by atoms with Crippen molar-refractivity contribution in [3.63, 3.8) is 0 Å². The standard InChI is InChI=1S/C13H17BrO3/c14-7-3-1-2-4-8-15-11-5-6-12-13(9-11)17-10-16-12/h5-6,9H,1-4,7-8,10H2. The predicted octanol–water partition coefficient (Wildman–Crippen LogP) is 3.75. The quantitative estimate of drug-likeness (QED) is 0.567. The van der Waals surface area contributed by atoms with Gasteiger partial charge in [-0.05, 0) is 25.0 Å². The Balaban J connectivity index is 1.69. The number of alkyl halides is 1. The average molecular weight is 301 g/mol. The van der Waals surface area contributed by atoms with E-state index in [0.29, 0.717) is 6.79 Å². The fourth-order valence-electron chi connectivity index (χ4n) is 1.71. The molecule has 1 heterocycles. The van der Waals surface area contributed by atoms with Crippen LogP contribution >= 0.6 is 15.9 Å². The van der Waals surface area contributed by atoms with Crippen LogP contribution in [-0.4, -0.2) is 18.7 Å². The van der Waals surface area contributed by atoms with Crippen molar-refractivity contribution in [2.45, 2.75) is 25.7 Å². The highest BCUT2D eigenvalue weighted by Crippen LogP contribution is 2.35. The molecule has 17 heavy (non-hydrogen) atoms. The lowest BCUT2D eigenvalue weighted by molar-refractivity contribution is 0.173. The molecule has 94 valence electrons. The van der Waals surface area contributed by atoms with E-state index in [1.807, 2.05) is 18.2 Å². The van der Waals surface area contributed by atoms with E-state index in [9.17, 15) is 0 Å². The van der Waals surface area contributed by atoms with Crippen molar-refractivity contribution in [1.29, 1.82) is 0 Å². The van der Waals surface area contributed by atoms with Crippen LogP contribution < -0.4 is 14.2 Å². The van der Waals surface area contributed by atoms with Crippen molar-refractivity contribution in [3.8, 4) is 17.2 Å². The first-order valence-electron chi connectivity index (χ1n) is 5.98. The van der Waals surface area contributed by atoms with Gasteiger partial charge in [-0.15, -0.1) is 0 Å². The Morgan fingerprint density at radius 2 is 1.88 bits per heavy atom. The summed E-state index contributed by atoms with van der Waals surface area (Å²) in [7, 11) is 0. The lowest BCUT2D eigenvalue weighted by Gasteiger charge is -2.06.